The van der Waals surface area contributed by atoms with Crippen molar-refractivity contribution in [3.8, 4) is 10.6 Å². The van der Waals surface area contributed by atoms with Crippen molar-refractivity contribution in [1.29, 1.82) is 0 Å². The maximum absolute atomic E-state index is 4.81. The molecule has 0 aliphatic rings. The summed E-state index contributed by atoms with van der Waals surface area (Å²) in [4.78, 5) is 12.6. The third kappa shape index (κ3) is 2.16. The van der Waals surface area contributed by atoms with E-state index in [1.54, 1.807) is 11.3 Å². The molecule has 0 saturated carbocycles. The summed E-state index contributed by atoms with van der Waals surface area (Å²) in [6, 6.07) is 10.4. The summed E-state index contributed by atoms with van der Waals surface area (Å²) in [5.74, 6) is 0. The molecule has 0 spiro atoms. The van der Waals surface area contributed by atoms with Crippen LogP contribution in [0.1, 0.15) is 10.7 Å². The fourth-order valence-corrected chi connectivity index (χ4v) is 3.29. The molecular weight excluding hydrogens is 266 g/mol. The van der Waals surface area contributed by atoms with Gasteiger partial charge in [0, 0.05) is 25.2 Å². The highest BCUT2D eigenvalue weighted by Crippen LogP contribution is 2.34. The predicted molar refractivity (Wildman–Crippen MR) is 86.7 cm³/mol. The van der Waals surface area contributed by atoms with Crippen molar-refractivity contribution in [1.82, 2.24) is 9.97 Å². The molecule has 0 bridgehead atoms. The summed E-state index contributed by atoms with van der Waals surface area (Å²) in [6.07, 6.45) is 0. The summed E-state index contributed by atoms with van der Waals surface area (Å²) < 4.78 is 0. The topological polar surface area (TPSA) is 29.0 Å². The van der Waals surface area contributed by atoms with Crippen LogP contribution in [0.15, 0.2) is 30.3 Å². The zero-order chi connectivity index (χ0) is 14.3. The van der Waals surface area contributed by atoms with E-state index in [1.807, 2.05) is 19.9 Å². The van der Waals surface area contributed by atoms with Crippen molar-refractivity contribution in [2.24, 2.45) is 0 Å². The zero-order valence-corrected chi connectivity index (χ0v) is 13.0. The van der Waals surface area contributed by atoms with Crippen LogP contribution >= 0.6 is 11.3 Å². The Balaban J connectivity index is 2.30. The first-order valence-electron chi connectivity index (χ1n) is 6.58. The first-order valence-corrected chi connectivity index (χ1v) is 7.39. The maximum Gasteiger partial charge on any atom is 0.0904 e. The third-order valence-corrected chi connectivity index (χ3v) is 4.41. The van der Waals surface area contributed by atoms with Gasteiger partial charge in [0.1, 0.15) is 0 Å². The number of anilines is 1. The van der Waals surface area contributed by atoms with Gasteiger partial charge in [-0.1, -0.05) is 18.2 Å². The van der Waals surface area contributed by atoms with Crippen molar-refractivity contribution in [2.75, 3.05) is 19.0 Å². The Morgan fingerprint density at radius 3 is 2.45 bits per heavy atom. The Kier molecular flexibility index (Phi) is 3.18. The summed E-state index contributed by atoms with van der Waals surface area (Å²) in [7, 11) is 4.13. The van der Waals surface area contributed by atoms with Crippen LogP contribution in [0.25, 0.3) is 21.5 Å². The van der Waals surface area contributed by atoms with E-state index in [9.17, 15) is 0 Å². The standard InChI is InChI=1S/C16H17N3S/c1-10-16(20-11(2)17-10)14-9-15(19(3)4)12-7-5-6-8-13(12)18-14/h5-9H,1-4H3. The normalized spacial score (nSPS) is 11.0. The summed E-state index contributed by atoms with van der Waals surface area (Å²) in [5, 5.41) is 2.26. The van der Waals surface area contributed by atoms with Gasteiger partial charge in [0.15, 0.2) is 0 Å². The lowest BCUT2D eigenvalue weighted by molar-refractivity contribution is 1.14. The van der Waals surface area contributed by atoms with Crippen molar-refractivity contribution in [2.45, 2.75) is 13.8 Å². The average molecular weight is 283 g/mol. The average Bonchev–Trinajstić information content (AvgIpc) is 2.76. The Bertz CT molecular complexity index is 774. The summed E-state index contributed by atoms with van der Waals surface area (Å²) in [6.45, 7) is 4.08. The number of hydrogen-bond acceptors (Lipinski definition) is 4. The lowest BCUT2D eigenvalue weighted by Gasteiger charge is -2.16. The lowest BCUT2D eigenvalue weighted by Crippen LogP contribution is -2.09. The number of aromatic nitrogens is 2. The molecule has 3 aromatic rings. The van der Waals surface area contributed by atoms with E-state index in [2.05, 4.69) is 48.2 Å². The largest absolute Gasteiger partial charge is 0.377 e. The van der Waals surface area contributed by atoms with Crippen LogP contribution in [0.3, 0.4) is 0 Å². The second-order valence-corrected chi connectivity index (χ2v) is 6.29. The molecule has 20 heavy (non-hydrogen) atoms. The number of fused-ring (bicyclic) bond motifs is 1. The SMILES string of the molecule is Cc1nc(C)c(-c2cc(N(C)C)c3ccccc3n2)s1. The van der Waals surface area contributed by atoms with Crippen molar-refractivity contribution in [3.63, 3.8) is 0 Å². The van der Waals surface area contributed by atoms with Crippen LogP contribution < -0.4 is 4.90 Å². The molecule has 102 valence electrons. The first kappa shape index (κ1) is 13.1. The predicted octanol–water partition coefficient (Wildman–Crippen LogP) is 4.04. The van der Waals surface area contributed by atoms with E-state index in [1.165, 1.54) is 11.1 Å². The van der Waals surface area contributed by atoms with Gasteiger partial charge in [0.2, 0.25) is 0 Å². The molecule has 1 aromatic carbocycles. The van der Waals surface area contributed by atoms with Crippen molar-refractivity contribution >= 4 is 27.9 Å². The van der Waals surface area contributed by atoms with E-state index in [4.69, 9.17) is 4.98 Å². The van der Waals surface area contributed by atoms with Gasteiger partial charge in [0.05, 0.1) is 26.8 Å². The molecule has 0 saturated heterocycles. The fourth-order valence-electron chi connectivity index (χ4n) is 2.41. The van der Waals surface area contributed by atoms with Crippen molar-refractivity contribution < 1.29 is 0 Å². The number of para-hydroxylation sites is 1. The Labute approximate surface area is 122 Å². The van der Waals surface area contributed by atoms with E-state index < -0.39 is 0 Å². The van der Waals surface area contributed by atoms with Crippen LogP contribution in [-0.4, -0.2) is 24.1 Å². The molecule has 0 atom stereocenters. The summed E-state index contributed by atoms with van der Waals surface area (Å²) >= 11 is 1.70. The zero-order valence-electron chi connectivity index (χ0n) is 12.1. The van der Waals surface area contributed by atoms with E-state index >= 15 is 0 Å². The Hall–Kier alpha value is -1.94. The number of thiazole rings is 1. The number of nitrogens with zero attached hydrogens (tertiary/aromatic N) is 3. The van der Waals surface area contributed by atoms with Gasteiger partial charge in [-0.15, -0.1) is 11.3 Å². The number of pyridine rings is 1. The van der Waals surface area contributed by atoms with Crippen LogP contribution in [0.5, 0.6) is 0 Å². The van der Waals surface area contributed by atoms with E-state index in [0.29, 0.717) is 0 Å². The molecule has 3 nitrogen and oxygen atoms in total. The van der Waals surface area contributed by atoms with Crippen molar-refractivity contribution in [3.05, 3.63) is 41.0 Å². The molecule has 3 rings (SSSR count). The number of rotatable bonds is 2. The Morgan fingerprint density at radius 1 is 1.05 bits per heavy atom. The minimum absolute atomic E-state index is 1.01. The molecule has 0 radical (unpaired) electrons. The second-order valence-electron chi connectivity index (χ2n) is 5.09. The Morgan fingerprint density at radius 2 is 1.80 bits per heavy atom. The molecular formula is C16H17N3S. The first-order chi connectivity index (χ1) is 9.56. The van der Waals surface area contributed by atoms with Crippen LogP contribution in [0, 0.1) is 13.8 Å². The maximum atomic E-state index is 4.81. The second kappa shape index (κ2) is 4.87. The van der Waals surface area contributed by atoms with Gasteiger partial charge in [-0.3, -0.25) is 0 Å². The third-order valence-electron chi connectivity index (χ3n) is 3.31. The summed E-state index contributed by atoms with van der Waals surface area (Å²) in [5.41, 5.74) is 4.28. The van der Waals surface area contributed by atoms with Gasteiger partial charge in [0.25, 0.3) is 0 Å². The van der Waals surface area contributed by atoms with Crippen LogP contribution in [0.4, 0.5) is 5.69 Å². The molecule has 0 aliphatic carbocycles. The quantitative estimate of drug-likeness (QED) is 0.710. The van der Waals surface area contributed by atoms with Gasteiger partial charge >= 0.3 is 0 Å². The monoisotopic (exact) mass is 283 g/mol. The molecule has 4 heteroatoms. The van der Waals surface area contributed by atoms with Crippen LogP contribution in [0.2, 0.25) is 0 Å². The minimum atomic E-state index is 1.01. The van der Waals surface area contributed by atoms with E-state index in [0.717, 1.165) is 26.8 Å². The fraction of sp³-hybridized carbons (Fsp3) is 0.250. The molecule has 2 heterocycles. The lowest BCUT2D eigenvalue weighted by atomic mass is 10.1. The van der Waals surface area contributed by atoms with Gasteiger partial charge < -0.3 is 4.90 Å². The van der Waals surface area contributed by atoms with Gasteiger partial charge in [-0.25, -0.2) is 9.97 Å². The molecule has 0 unspecified atom stereocenters. The number of hydrogen-bond donors (Lipinski definition) is 0. The molecule has 0 amide bonds. The smallest absolute Gasteiger partial charge is 0.0904 e. The highest BCUT2D eigenvalue weighted by molar-refractivity contribution is 7.15. The highest BCUT2D eigenvalue weighted by atomic mass is 32.1. The molecule has 0 aliphatic heterocycles. The minimum Gasteiger partial charge on any atom is -0.377 e. The van der Waals surface area contributed by atoms with Gasteiger partial charge in [-0.2, -0.15) is 0 Å². The van der Waals surface area contributed by atoms with Crippen LogP contribution in [-0.2, 0) is 0 Å². The molecule has 0 fully saturated rings. The number of benzene rings is 1. The number of aryl methyl sites for hydroxylation is 2. The van der Waals surface area contributed by atoms with E-state index in [-0.39, 0.29) is 0 Å². The highest BCUT2D eigenvalue weighted by Gasteiger charge is 2.13. The van der Waals surface area contributed by atoms with Gasteiger partial charge in [-0.05, 0) is 26.0 Å². The molecule has 2 aromatic heterocycles. The molecule has 0 N–H and O–H groups in total.